The van der Waals surface area contributed by atoms with Crippen LogP contribution in [-0.2, 0) is 6.54 Å². The molecule has 1 saturated heterocycles. The minimum absolute atomic E-state index is 0.300. The summed E-state index contributed by atoms with van der Waals surface area (Å²) in [7, 11) is 0. The molecule has 0 N–H and O–H groups in total. The van der Waals surface area contributed by atoms with Crippen molar-refractivity contribution in [1.29, 1.82) is 0 Å². The molecule has 0 radical (unpaired) electrons. The van der Waals surface area contributed by atoms with Gasteiger partial charge in [-0.3, -0.25) is 4.90 Å². The molecule has 110 valence electrons. The summed E-state index contributed by atoms with van der Waals surface area (Å²) >= 11 is 9.55. The molecule has 1 unspecified atom stereocenters. The monoisotopic (exact) mass is 365 g/mol. The summed E-state index contributed by atoms with van der Waals surface area (Å²) < 4.78 is 0.942. The van der Waals surface area contributed by atoms with Crippen LogP contribution in [0.3, 0.4) is 0 Å². The summed E-state index contributed by atoms with van der Waals surface area (Å²) in [5.41, 5.74) is 2.34. The van der Waals surface area contributed by atoms with Gasteiger partial charge in [-0.05, 0) is 52.5 Å². The van der Waals surface area contributed by atoms with E-state index in [2.05, 4.69) is 61.1 Å². The quantitative estimate of drug-likeness (QED) is 0.742. The lowest BCUT2D eigenvalue weighted by molar-refractivity contribution is 0.136. The van der Waals surface area contributed by atoms with Crippen LogP contribution in [0.4, 0.5) is 0 Å². The van der Waals surface area contributed by atoms with Gasteiger partial charge in [-0.1, -0.05) is 36.8 Å². The topological polar surface area (TPSA) is 29.0 Å². The van der Waals surface area contributed by atoms with Crippen LogP contribution < -0.4 is 0 Å². The van der Waals surface area contributed by atoms with Gasteiger partial charge in [0.2, 0.25) is 5.28 Å². The minimum Gasteiger partial charge on any atom is -0.290 e. The Hall–Kier alpha value is -0.970. The van der Waals surface area contributed by atoms with Gasteiger partial charge in [0, 0.05) is 12.7 Å². The smallest absolute Gasteiger partial charge is 0.222 e. The zero-order valence-electron chi connectivity index (χ0n) is 11.7. The summed E-state index contributed by atoms with van der Waals surface area (Å²) in [4.78, 5) is 11.0. The highest BCUT2D eigenvalue weighted by Crippen LogP contribution is 2.34. The van der Waals surface area contributed by atoms with Gasteiger partial charge in [-0.15, -0.1) is 0 Å². The van der Waals surface area contributed by atoms with Crippen molar-refractivity contribution in [2.45, 2.75) is 31.8 Å². The van der Waals surface area contributed by atoms with Crippen molar-refractivity contribution < 1.29 is 0 Å². The first kappa shape index (κ1) is 14.9. The van der Waals surface area contributed by atoms with E-state index in [1.807, 2.05) is 0 Å². The van der Waals surface area contributed by atoms with E-state index in [1.54, 1.807) is 6.20 Å². The van der Waals surface area contributed by atoms with E-state index in [0.717, 1.165) is 29.7 Å². The fourth-order valence-corrected chi connectivity index (χ4v) is 3.49. The third kappa shape index (κ3) is 3.62. The maximum absolute atomic E-state index is 5.98. The molecule has 0 saturated carbocycles. The maximum atomic E-state index is 5.98. The molecule has 3 rings (SSSR count). The van der Waals surface area contributed by atoms with Crippen LogP contribution in [0, 0.1) is 0 Å². The Balaban J connectivity index is 1.86. The highest BCUT2D eigenvalue weighted by atomic mass is 79.9. The maximum Gasteiger partial charge on any atom is 0.222 e. The zero-order chi connectivity index (χ0) is 14.7. The summed E-state index contributed by atoms with van der Waals surface area (Å²) in [6.45, 7) is 2.03. The van der Waals surface area contributed by atoms with Gasteiger partial charge < -0.3 is 0 Å². The minimum atomic E-state index is 0.300. The van der Waals surface area contributed by atoms with E-state index in [1.165, 1.54) is 18.4 Å². The van der Waals surface area contributed by atoms with Gasteiger partial charge >= 0.3 is 0 Å². The molecule has 0 amide bonds. The van der Waals surface area contributed by atoms with Crippen LogP contribution in [0.15, 0.2) is 41.0 Å². The molecule has 2 aromatic rings. The molecule has 1 aliphatic rings. The number of likely N-dealkylation sites (tertiary alicyclic amines) is 1. The normalized spacial score (nSPS) is 19.6. The van der Waals surface area contributed by atoms with Gasteiger partial charge in [0.05, 0.1) is 16.2 Å². The third-order valence-corrected chi connectivity index (χ3v) is 4.69. The number of hydrogen-bond acceptors (Lipinski definition) is 3. The van der Waals surface area contributed by atoms with Crippen molar-refractivity contribution in [2.75, 3.05) is 6.54 Å². The highest BCUT2D eigenvalue weighted by molar-refractivity contribution is 9.10. The number of piperidine rings is 1. The molecule has 0 spiro atoms. The Morgan fingerprint density at radius 1 is 1.24 bits per heavy atom. The molecule has 21 heavy (non-hydrogen) atoms. The van der Waals surface area contributed by atoms with Gasteiger partial charge in [0.25, 0.3) is 0 Å². The molecule has 0 bridgehead atoms. The lowest BCUT2D eigenvalue weighted by atomic mass is 9.98. The largest absolute Gasteiger partial charge is 0.290 e. The van der Waals surface area contributed by atoms with Gasteiger partial charge in [0.15, 0.2) is 0 Å². The first-order chi connectivity index (χ1) is 10.2. The van der Waals surface area contributed by atoms with Crippen LogP contribution in [0.2, 0.25) is 5.28 Å². The molecule has 5 heteroatoms. The third-order valence-electron chi connectivity index (χ3n) is 3.90. The number of benzene rings is 1. The zero-order valence-corrected chi connectivity index (χ0v) is 14.0. The fraction of sp³-hybridized carbons (Fsp3) is 0.375. The number of hydrogen-bond donors (Lipinski definition) is 0. The molecule has 1 aromatic heterocycles. The van der Waals surface area contributed by atoms with E-state index in [9.17, 15) is 0 Å². The molecule has 2 heterocycles. The first-order valence-corrected chi connectivity index (χ1v) is 8.37. The summed E-state index contributed by atoms with van der Waals surface area (Å²) in [6.07, 6.45) is 5.32. The van der Waals surface area contributed by atoms with E-state index in [4.69, 9.17) is 11.6 Å². The standard InChI is InChI=1S/C16H17BrClN3/c17-13-10-19-16(18)20-15(13)14-8-4-5-9-21(14)11-12-6-2-1-3-7-12/h1-3,6-7,10,14H,4-5,8-9,11H2. The predicted molar refractivity (Wildman–Crippen MR) is 88.2 cm³/mol. The van der Waals surface area contributed by atoms with Crippen LogP contribution in [0.25, 0.3) is 0 Å². The van der Waals surface area contributed by atoms with Crippen molar-refractivity contribution in [1.82, 2.24) is 14.9 Å². The van der Waals surface area contributed by atoms with Crippen molar-refractivity contribution in [3.8, 4) is 0 Å². The molecular formula is C16H17BrClN3. The Bertz CT molecular complexity index is 606. The van der Waals surface area contributed by atoms with E-state index >= 15 is 0 Å². The SMILES string of the molecule is Clc1ncc(Br)c(C2CCCCN2Cc2ccccc2)n1. The van der Waals surface area contributed by atoms with E-state index < -0.39 is 0 Å². The second-order valence-electron chi connectivity index (χ2n) is 5.34. The Morgan fingerprint density at radius 3 is 2.86 bits per heavy atom. The van der Waals surface area contributed by atoms with Gasteiger partial charge in [-0.2, -0.15) is 0 Å². The van der Waals surface area contributed by atoms with Crippen molar-refractivity contribution in [3.05, 3.63) is 57.5 Å². The second kappa shape index (κ2) is 6.86. The number of aromatic nitrogens is 2. The molecule has 1 aromatic carbocycles. The predicted octanol–water partition coefficient (Wildman–Crippen LogP) is 4.62. The molecular weight excluding hydrogens is 350 g/mol. The number of nitrogens with zero attached hydrogens (tertiary/aromatic N) is 3. The first-order valence-electron chi connectivity index (χ1n) is 7.20. The fourth-order valence-electron chi connectivity index (χ4n) is 2.90. The number of rotatable bonds is 3. The lowest BCUT2D eigenvalue weighted by Gasteiger charge is -2.35. The van der Waals surface area contributed by atoms with Gasteiger partial charge in [0.1, 0.15) is 0 Å². The summed E-state index contributed by atoms with van der Waals surface area (Å²) in [5.74, 6) is 0. The van der Waals surface area contributed by atoms with E-state index in [-0.39, 0.29) is 0 Å². The van der Waals surface area contributed by atoms with Crippen LogP contribution >= 0.6 is 27.5 Å². The number of halogens is 2. The average Bonchev–Trinajstić information content (AvgIpc) is 2.51. The van der Waals surface area contributed by atoms with Gasteiger partial charge in [-0.25, -0.2) is 9.97 Å². The molecule has 0 aliphatic carbocycles. The highest BCUT2D eigenvalue weighted by Gasteiger charge is 2.27. The molecule has 1 aliphatic heterocycles. The van der Waals surface area contributed by atoms with Crippen LogP contribution in [0.5, 0.6) is 0 Å². The van der Waals surface area contributed by atoms with Crippen molar-refractivity contribution >= 4 is 27.5 Å². The molecule has 1 atom stereocenters. The lowest BCUT2D eigenvalue weighted by Crippen LogP contribution is -2.33. The summed E-state index contributed by atoms with van der Waals surface area (Å²) in [6, 6.07) is 10.9. The van der Waals surface area contributed by atoms with Crippen LogP contribution in [0.1, 0.15) is 36.6 Å². The molecule has 3 nitrogen and oxygen atoms in total. The van der Waals surface area contributed by atoms with Crippen molar-refractivity contribution in [2.24, 2.45) is 0 Å². The summed E-state index contributed by atoms with van der Waals surface area (Å²) in [5, 5.41) is 0.318. The Kier molecular flexibility index (Phi) is 4.88. The Labute approximate surface area is 138 Å². The van der Waals surface area contributed by atoms with Crippen LogP contribution in [-0.4, -0.2) is 21.4 Å². The molecule has 1 fully saturated rings. The second-order valence-corrected chi connectivity index (χ2v) is 6.53. The van der Waals surface area contributed by atoms with E-state index in [0.29, 0.717) is 11.3 Å². The Morgan fingerprint density at radius 2 is 2.05 bits per heavy atom. The average molecular weight is 367 g/mol. The van der Waals surface area contributed by atoms with Crippen molar-refractivity contribution in [3.63, 3.8) is 0 Å².